The molecule has 0 saturated carbocycles. The van der Waals surface area contributed by atoms with Gasteiger partial charge in [0.05, 0.1) is 0 Å². The first-order valence-corrected chi connectivity index (χ1v) is 8.02. The van der Waals surface area contributed by atoms with E-state index in [-0.39, 0.29) is 5.54 Å². The Morgan fingerprint density at radius 3 is 2.65 bits per heavy atom. The highest BCUT2D eigenvalue weighted by Gasteiger charge is 2.09. The molecule has 0 atom stereocenters. The number of rotatable bonds is 4. The third-order valence-electron chi connectivity index (χ3n) is 2.59. The van der Waals surface area contributed by atoms with E-state index in [0.29, 0.717) is 0 Å². The molecule has 3 nitrogen and oxygen atoms in total. The number of hydrogen-bond acceptors (Lipinski definition) is 4. The van der Waals surface area contributed by atoms with Gasteiger partial charge in [0, 0.05) is 27.6 Å². The van der Waals surface area contributed by atoms with Gasteiger partial charge in [0.15, 0.2) is 0 Å². The van der Waals surface area contributed by atoms with Gasteiger partial charge in [-0.05, 0) is 60.5 Å². The summed E-state index contributed by atoms with van der Waals surface area (Å²) in [4.78, 5) is 9.31. The summed E-state index contributed by atoms with van der Waals surface area (Å²) in [5.41, 5.74) is 1.39. The van der Waals surface area contributed by atoms with Gasteiger partial charge >= 0.3 is 0 Å². The summed E-state index contributed by atoms with van der Waals surface area (Å²) in [7, 11) is 0. The fourth-order valence-electron chi connectivity index (χ4n) is 1.56. The molecule has 5 heteroatoms. The van der Waals surface area contributed by atoms with Crippen molar-refractivity contribution in [3.8, 4) is 0 Å². The molecule has 0 spiro atoms. The second kappa shape index (κ2) is 6.70. The lowest BCUT2D eigenvalue weighted by Crippen LogP contribution is -2.35. The molecule has 1 aromatic heterocycles. The Labute approximate surface area is 132 Å². The lowest BCUT2D eigenvalue weighted by molar-refractivity contribution is 0.424. The Balaban J connectivity index is 2.06. The van der Waals surface area contributed by atoms with Crippen LogP contribution in [-0.4, -0.2) is 15.5 Å². The van der Waals surface area contributed by atoms with E-state index in [2.05, 4.69) is 70.2 Å². The summed E-state index contributed by atoms with van der Waals surface area (Å²) >= 11 is 5.26. The molecule has 0 amide bonds. The molecule has 0 unspecified atom stereocenters. The molecule has 20 heavy (non-hydrogen) atoms. The fourth-order valence-corrected chi connectivity index (χ4v) is 2.97. The summed E-state index contributed by atoms with van der Waals surface area (Å²) in [6.07, 6.45) is 3.32. The Hall–Kier alpha value is -0.910. The van der Waals surface area contributed by atoms with Crippen LogP contribution in [0.25, 0.3) is 0 Å². The Kier molecular flexibility index (Phi) is 5.18. The second-order valence-corrected chi connectivity index (χ2v) is 7.43. The maximum Gasteiger partial charge on any atom is 0.116 e. The minimum atomic E-state index is 0.126. The van der Waals surface area contributed by atoms with Crippen LogP contribution in [0.2, 0.25) is 0 Å². The maximum atomic E-state index is 4.22. The van der Waals surface area contributed by atoms with Gasteiger partial charge in [0.25, 0.3) is 0 Å². The van der Waals surface area contributed by atoms with Crippen molar-refractivity contribution >= 4 is 27.7 Å². The quantitative estimate of drug-likeness (QED) is 0.834. The number of nitrogens with zero attached hydrogens (tertiary/aromatic N) is 2. The predicted molar refractivity (Wildman–Crippen MR) is 86.9 cm³/mol. The van der Waals surface area contributed by atoms with E-state index in [1.54, 1.807) is 24.3 Å². The van der Waals surface area contributed by atoms with Crippen LogP contribution in [0.15, 0.2) is 51.2 Å². The fraction of sp³-hybridized carbons (Fsp3) is 0.333. The highest BCUT2D eigenvalue weighted by molar-refractivity contribution is 9.10. The van der Waals surface area contributed by atoms with E-state index in [1.807, 2.05) is 6.07 Å². The molecule has 0 aliphatic carbocycles. The maximum absolute atomic E-state index is 4.22. The van der Waals surface area contributed by atoms with Gasteiger partial charge in [-0.2, -0.15) is 0 Å². The van der Waals surface area contributed by atoms with Crippen molar-refractivity contribution in [2.45, 2.75) is 42.8 Å². The molecular formula is C15H18BrN3S. The van der Waals surface area contributed by atoms with Crippen molar-refractivity contribution in [3.63, 3.8) is 0 Å². The first-order chi connectivity index (χ1) is 9.44. The number of aromatic nitrogens is 2. The number of halogens is 1. The minimum absolute atomic E-state index is 0.126. The van der Waals surface area contributed by atoms with Gasteiger partial charge < -0.3 is 5.32 Å². The third kappa shape index (κ3) is 4.89. The molecule has 2 rings (SSSR count). The summed E-state index contributed by atoms with van der Waals surface area (Å²) in [5.74, 6) is 0. The normalized spacial score (nSPS) is 11.6. The Morgan fingerprint density at radius 1 is 1.25 bits per heavy atom. The van der Waals surface area contributed by atoms with Crippen LogP contribution in [0.3, 0.4) is 0 Å². The first kappa shape index (κ1) is 15.5. The van der Waals surface area contributed by atoms with Gasteiger partial charge in [0.2, 0.25) is 0 Å². The van der Waals surface area contributed by atoms with Crippen molar-refractivity contribution in [3.05, 3.63) is 46.8 Å². The van der Waals surface area contributed by atoms with E-state index in [4.69, 9.17) is 0 Å². The number of hydrogen-bond donors (Lipinski definition) is 1. The van der Waals surface area contributed by atoms with E-state index >= 15 is 0 Å². The summed E-state index contributed by atoms with van der Waals surface area (Å²) in [6, 6.07) is 8.33. The zero-order valence-electron chi connectivity index (χ0n) is 11.9. The molecule has 0 bridgehead atoms. The summed E-state index contributed by atoms with van der Waals surface area (Å²) < 4.78 is 1.09. The lowest BCUT2D eigenvalue weighted by atomic mass is 10.1. The SMILES string of the molecule is CC(C)(C)NCc1ccc(Sc2ccncn2)c(Br)c1. The molecular weight excluding hydrogens is 334 g/mol. The Morgan fingerprint density at radius 2 is 2.05 bits per heavy atom. The number of nitrogens with one attached hydrogen (secondary N) is 1. The minimum Gasteiger partial charge on any atom is -0.308 e. The average Bonchev–Trinajstić information content (AvgIpc) is 2.40. The molecule has 2 aromatic rings. The average molecular weight is 352 g/mol. The zero-order chi connectivity index (χ0) is 14.6. The molecule has 0 aliphatic rings. The summed E-state index contributed by atoms with van der Waals surface area (Å²) in [5, 5.41) is 4.43. The van der Waals surface area contributed by atoms with Gasteiger partial charge in [-0.3, -0.25) is 0 Å². The van der Waals surface area contributed by atoms with Gasteiger partial charge in [-0.1, -0.05) is 17.8 Å². The van der Waals surface area contributed by atoms with Crippen molar-refractivity contribution in [2.75, 3.05) is 0 Å². The highest BCUT2D eigenvalue weighted by atomic mass is 79.9. The third-order valence-corrected chi connectivity index (χ3v) is 4.53. The van der Waals surface area contributed by atoms with Crippen LogP contribution in [-0.2, 0) is 6.54 Å². The molecule has 106 valence electrons. The highest BCUT2D eigenvalue weighted by Crippen LogP contribution is 2.32. The van der Waals surface area contributed by atoms with Gasteiger partial charge in [0.1, 0.15) is 11.4 Å². The lowest BCUT2D eigenvalue weighted by Gasteiger charge is -2.20. The van der Waals surface area contributed by atoms with E-state index in [1.165, 1.54) is 5.56 Å². The number of benzene rings is 1. The van der Waals surface area contributed by atoms with Crippen molar-refractivity contribution in [1.82, 2.24) is 15.3 Å². The molecule has 1 aromatic carbocycles. The molecule has 0 fully saturated rings. The largest absolute Gasteiger partial charge is 0.308 e. The monoisotopic (exact) mass is 351 g/mol. The topological polar surface area (TPSA) is 37.8 Å². The van der Waals surface area contributed by atoms with Crippen LogP contribution in [0.1, 0.15) is 26.3 Å². The van der Waals surface area contributed by atoms with E-state index in [0.717, 1.165) is 20.9 Å². The van der Waals surface area contributed by atoms with E-state index < -0.39 is 0 Å². The van der Waals surface area contributed by atoms with Gasteiger partial charge in [-0.15, -0.1) is 0 Å². The van der Waals surface area contributed by atoms with Gasteiger partial charge in [-0.25, -0.2) is 9.97 Å². The first-order valence-electron chi connectivity index (χ1n) is 6.41. The van der Waals surface area contributed by atoms with Crippen molar-refractivity contribution < 1.29 is 0 Å². The Bertz CT molecular complexity index is 567. The van der Waals surface area contributed by atoms with Crippen LogP contribution in [0.4, 0.5) is 0 Å². The smallest absolute Gasteiger partial charge is 0.116 e. The molecule has 1 N–H and O–H groups in total. The molecule has 1 heterocycles. The van der Waals surface area contributed by atoms with Crippen molar-refractivity contribution in [1.29, 1.82) is 0 Å². The molecule has 0 radical (unpaired) electrons. The van der Waals surface area contributed by atoms with Crippen molar-refractivity contribution in [2.24, 2.45) is 0 Å². The van der Waals surface area contributed by atoms with Crippen LogP contribution >= 0.6 is 27.7 Å². The summed E-state index contributed by atoms with van der Waals surface area (Å²) in [6.45, 7) is 7.37. The van der Waals surface area contributed by atoms with Crippen LogP contribution in [0.5, 0.6) is 0 Å². The van der Waals surface area contributed by atoms with Crippen LogP contribution in [0, 0.1) is 0 Å². The second-order valence-electron chi connectivity index (χ2n) is 5.52. The molecule has 0 saturated heterocycles. The standard InChI is InChI=1S/C15H18BrN3S/c1-15(2,3)19-9-11-4-5-13(12(16)8-11)20-14-6-7-17-10-18-14/h4-8,10,19H,9H2,1-3H3. The van der Waals surface area contributed by atoms with Crippen LogP contribution < -0.4 is 5.32 Å². The van der Waals surface area contributed by atoms with E-state index in [9.17, 15) is 0 Å². The predicted octanol–water partition coefficient (Wildman–Crippen LogP) is 4.28. The zero-order valence-corrected chi connectivity index (χ0v) is 14.3. The molecule has 0 aliphatic heterocycles.